The van der Waals surface area contributed by atoms with E-state index < -0.39 is 11.8 Å². The molecule has 0 unspecified atom stereocenters. The molecule has 3 nitrogen and oxygen atoms in total. The number of rotatable bonds is 3. The number of benzene rings is 2. The molecule has 0 aliphatic rings. The number of nitrogens with zero attached hydrogens (tertiary/aromatic N) is 1. The second-order valence-electron chi connectivity index (χ2n) is 4.72. The van der Waals surface area contributed by atoms with Gasteiger partial charge >= 0.3 is 5.97 Å². The van der Waals surface area contributed by atoms with Crippen molar-refractivity contribution in [2.75, 3.05) is 6.26 Å². The maximum atomic E-state index is 14.0. The van der Waals surface area contributed by atoms with Crippen LogP contribution in [0.2, 0.25) is 0 Å². The fourth-order valence-corrected chi connectivity index (χ4v) is 2.71. The number of hydrogen-bond acceptors (Lipinski definition) is 3. The summed E-state index contributed by atoms with van der Waals surface area (Å²) in [5, 5.41) is 9.68. The van der Waals surface area contributed by atoms with Gasteiger partial charge in [0.15, 0.2) is 0 Å². The van der Waals surface area contributed by atoms with Crippen LogP contribution in [0.4, 0.5) is 4.39 Å². The van der Waals surface area contributed by atoms with E-state index in [1.165, 1.54) is 18.2 Å². The Morgan fingerprint density at radius 1 is 1.18 bits per heavy atom. The van der Waals surface area contributed by atoms with E-state index in [0.29, 0.717) is 11.1 Å². The lowest BCUT2D eigenvalue weighted by Gasteiger charge is -2.08. The van der Waals surface area contributed by atoms with Crippen molar-refractivity contribution in [3.63, 3.8) is 0 Å². The van der Waals surface area contributed by atoms with Crippen molar-refractivity contribution >= 4 is 28.6 Å². The van der Waals surface area contributed by atoms with Crippen molar-refractivity contribution in [2.24, 2.45) is 0 Å². The lowest BCUT2D eigenvalue weighted by molar-refractivity contribution is 0.0699. The number of aromatic carboxylic acids is 1. The fraction of sp³-hybridized carbons (Fsp3) is 0.0588. The molecule has 2 aromatic carbocycles. The van der Waals surface area contributed by atoms with Gasteiger partial charge in [0.1, 0.15) is 11.3 Å². The summed E-state index contributed by atoms with van der Waals surface area (Å²) in [5.41, 5.74) is 1.33. The van der Waals surface area contributed by atoms with Gasteiger partial charge in [-0.15, -0.1) is 11.8 Å². The van der Waals surface area contributed by atoms with E-state index in [4.69, 9.17) is 0 Å². The number of aromatic nitrogens is 1. The molecule has 0 aliphatic carbocycles. The third-order valence-electron chi connectivity index (χ3n) is 3.41. The first-order valence-corrected chi connectivity index (χ1v) is 7.79. The predicted molar refractivity (Wildman–Crippen MR) is 85.9 cm³/mol. The third kappa shape index (κ3) is 2.55. The van der Waals surface area contributed by atoms with Crippen molar-refractivity contribution in [3.05, 3.63) is 59.9 Å². The van der Waals surface area contributed by atoms with Gasteiger partial charge < -0.3 is 5.11 Å². The molecule has 1 aromatic heterocycles. The predicted octanol–water partition coefficient (Wildman–Crippen LogP) is 4.46. The zero-order valence-electron chi connectivity index (χ0n) is 11.7. The first kappa shape index (κ1) is 14.5. The molecule has 22 heavy (non-hydrogen) atoms. The van der Waals surface area contributed by atoms with Crippen molar-refractivity contribution in [3.8, 4) is 11.3 Å². The van der Waals surface area contributed by atoms with E-state index in [-0.39, 0.29) is 11.1 Å². The highest BCUT2D eigenvalue weighted by molar-refractivity contribution is 7.98. The molecule has 5 heteroatoms. The minimum absolute atomic E-state index is 0.0495. The molecule has 0 fully saturated rings. The molecule has 0 atom stereocenters. The molecule has 0 aliphatic heterocycles. The smallest absolute Gasteiger partial charge is 0.336 e. The standard InChI is InChI=1S/C17H12FNO2S/c1-22-11-7-5-10(6-8-11)15-9-13(17(20)21)12-3-2-4-14(18)16(12)19-15/h2-9H,1H3,(H,20,21). The summed E-state index contributed by atoms with van der Waals surface area (Å²) in [6.45, 7) is 0. The maximum Gasteiger partial charge on any atom is 0.336 e. The zero-order valence-corrected chi connectivity index (χ0v) is 12.5. The van der Waals surface area contributed by atoms with Crippen LogP contribution >= 0.6 is 11.8 Å². The lowest BCUT2D eigenvalue weighted by Crippen LogP contribution is -2.01. The molecule has 3 rings (SSSR count). The monoisotopic (exact) mass is 313 g/mol. The van der Waals surface area contributed by atoms with E-state index in [1.54, 1.807) is 17.8 Å². The lowest BCUT2D eigenvalue weighted by atomic mass is 10.0. The van der Waals surface area contributed by atoms with Gasteiger partial charge in [-0.05, 0) is 30.5 Å². The highest BCUT2D eigenvalue weighted by atomic mass is 32.2. The van der Waals surface area contributed by atoms with Crippen LogP contribution in [0.1, 0.15) is 10.4 Å². The van der Waals surface area contributed by atoms with Gasteiger partial charge in [-0.25, -0.2) is 14.2 Å². The van der Waals surface area contributed by atoms with Crippen LogP contribution in [-0.4, -0.2) is 22.3 Å². The number of fused-ring (bicyclic) bond motifs is 1. The van der Waals surface area contributed by atoms with Gasteiger partial charge in [0.05, 0.1) is 11.3 Å². The van der Waals surface area contributed by atoms with Crippen molar-refractivity contribution < 1.29 is 14.3 Å². The number of hydrogen-bond donors (Lipinski definition) is 1. The van der Waals surface area contributed by atoms with Gasteiger partial charge in [-0.3, -0.25) is 0 Å². The molecule has 0 saturated carbocycles. The summed E-state index contributed by atoms with van der Waals surface area (Å²) < 4.78 is 14.0. The normalized spacial score (nSPS) is 10.8. The van der Waals surface area contributed by atoms with Crippen molar-refractivity contribution in [1.82, 2.24) is 4.98 Å². The number of para-hydroxylation sites is 1. The van der Waals surface area contributed by atoms with Crippen LogP contribution in [0.25, 0.3) is 22.2 Å². The summed E-state index contributed by atoms with van der Waals surface area (Å²) in [7, 11) is 0. The van der Waals surface area contributed by atoms with E-state index in [9.17, 15) is 14.3 Å². The number of carboxylic acid groups (broad SMARTS) is 1. The number of halogens is 1. The van der Waals surface area contributed by atoms with E-state index in [2.05, 4.69) is 4.98 Å². The Labute approximate surface area is 130 Å². The minimum Gasteiger partial charge on any atom is -0.478 e. The highest BCUT2D eigenvalue weighted by Gasteiger charge is 2.15. The molecule has 0 spiro atoms. The Hall–Kier alpha value is -2.40. The second kappa shape index (κ2) is 5.77. The summed E-state index contributed by atoms with van der Waals surface area (Å²) in [6.07, 6.45) is 1.97. The number of thioether (sulfide) groups is 1. The SMILES string of the molecule is CSc1ccc(-c2cc(C(=O)O)c3cccc(F)c3n2)cc1. The van der Waals surface area contributed by atoms with Gasteiger partial charge in [0, 0.05) is 15.8 Å². The molecular weight excluding hydrogens is 301 g/mol. The Bertz CT molecular complexity index is 862. The first-order valence-electron chi connectivity index (χ1n) is 6.57. The quantitative estimate of drug-likeness (QED) is 0.725. The molecular formula is C17H12FNO2S. The largest absolute Gasteiger partial charge is 0.478 e. The zero-order chi connectivity index (χ0) is 15.7. The number of carbonyl (C=O) groups is 1. The Kier molecular flexibility index (Phi) is 3.81. The number of carboxylic acids is 1. The van der Waals surface area contributed by atoms with Gasteiger partial charge in [0.2, 0.25) is 0 Å². The van der Waals surface area contributed by atoms with Crippen LogP contribution in [0.15, 0.2) is 53.4 Å². The Balaban J connectivity index is 2.25. The third-order valence-corrected chi connectivity index (χ3v) is 4.15. The molecule has 110 valence electrons. The molecule has 1 heterocycles. The summed E-state index contributed by atoms with van der Waals surface area (Å²) in [5.74, 6) is -1.62. The maximum absolute atomic E-state index is 14.0. The van der Waals surface area contributed by atoms with Crippen LogP contribution in [-0.2, 0) is 0 Å². The Morgan fingerprint density at radius 2 is 1.91 bits per heavy atom. The molecule has 3 aromatic rings. The first-order chi connectivity index (χ1) is 10.6. The molecule has 0 bridgehead atoms. The summed E-state index contributed by atoms with van der Waals surface area (Å²) in [6, 6.07) is 13.4. The van der Waals surface area contributed by atoms with E-state index >= 15 is 0 Å². The van der Waals surface area contributed by atoms with Gasteiger partial charge in [-0.1, -0.05) is 24.3 Å². The van der Waals surface area contributed by atoms with Crippen molar-refractivity contribution in [2.45, 2.75) is 4.90 Å². The molecule has 0 saturated heterocycles. The molecule has 0 radical (unpaired) electrons. The van der Waals surface area contributed by atoms with Crippen LogP contribution < -0.4 is 0 Å². The highest BCUT2D eigenvalue weighted by Crippen LogP contribution is 2.27. The second-order valence-corrected chi connectivity index (χ2v) is 5.60. The summed E-state index contributed by atoms with van der Waals surface area (Å²) >= 11 is 1.61. The van der Waals surface area contributed by atoms with Crippen molar-refractivity contribution in [1.29, 1.82) is 0 Å². The average molecular weight is 313 g/mol. The van der Waals surface area contributed by atoms with Gasteiger partial charge in [0.25, 0.3) is 0 Å². The topological polar surface area (TPSA) is 50.2 Å². The van der Waals surface area contributed by atoms with Gasteiger partial charge in [-0.2, -0.15) is 0 Å². The van der Waals surface area contributed by atoms with Crippen LogP contribution in [0, 0.1) is 5.82 Å². The minimum atomic E-state index is -1.10. The van der Waals surface area contributed by atoms with Crippen LogP contribution in [0.5, 0.6) is 0 Å². The molecule has 1 N–H and O–H groups in total. The van der Waals surface area contributed by atoms with E-state index in [0.717, 1.165) is 10.5 Å². The average Bonchev–Trinajstić information content (AvgIpc) is 2.54. The fourth-order valence-electron chi connectivity index (χ4n) is 2.30. The summed E-state index contributed by atoms with van der Waals surface area (Å²) in [4.78, 5) is 16.8. The van der Waals surface area contributed by atoms with Crippen LogP contribution in [0.3, 0.4) is 0 Å². The Morgan fingerprint density at radius 3 is 2.55 bits per heavy atom. The number of pyridine rings is 1. The molecule has 0 amide bonds. The van der Waals surface area contributed by atoms with E-state index in [1.807, 2.05) is 30.5 Å².